The van der Waals surface area contributed by atoms with Crippen LogP contribution in [0.1, 0.15) is 13.3 Å². The average Bonchev–Trinajstić information content (AvgIpc) is 2.76. The molecule has 0 bridgehead atoms. The van der Waals surface area contributed by atoms with Crippen LogP contribution < -0.4 is 11.1 Å². The Kier molecular flexibility index (Phi) is 6.75. The lowest BCUT2D eigenvalue weighted by Crippen LogP contribution is -2.35. The second kappa shape index (κ2) is 7.65. The topological polar surface area (TPSA) is 58.4 Å². The van der Waals surface area contributed by atoms with Crippen LogP contribution in [0, 0.1) is 5.41 Å². The van der Waals surface area contributed by atoms with Crippen LogP contribution in [-0.2, 0) is 4.79 Å². The van der Waals surface area contributed by atoms with Crippen LogP contribution in [0.3, 0.4) is 0 Å². The molecule has 1 heterocycles. The van der Waals surface area contributed by atoms with Crippen molar-refractivity contribution < 1.29 is 4.79 Å². The molecule has 1 unspecified atom stereocenters. The summed E-state index contributed by atoms with van der Waals surface area (Å²) in [6, 6.07) is 5.00. The van der Waals surface area contributed by atoms with Gasteiger partial charge in [0.25, 0.3) is 0 Å². The summed E-state index contributed by atoms with van der Waals surface area (Å²) >= 11 is 11.9. The maximum absolute atomic E-state index is 12.0. The number of nitrogens with zero attached hydrogens (tertiary/aromatic N) is 1. The van der Waals surface area contributed by atoms with Gasteiger partial charge in [-0.1, -0.05) is 30.1 Å². The molecule has 118 valence electrons. The lowest BCUT2D eigenvalue weighted by Gasteiger charge is -2.22. The number of hydrogen-bond donors (Lipinski definition) is 2. The van der Waals surface area contributed by atoms with Crippen LogP contribution >= 0.6 is 35.6 Å². The normalized spacial score (nSPS) is 21.9. The average molecular weight is 353 g/mol. The Morgan fingerprint density at radius 2 is 2.19 bits per heavy atom. The molecule has 4 nitrogen and oxygen atoms in total. The van der Waals surface area contributed by atoms with E-state index in [0.717, 1.165) is 19.5 Å². The molecule has 1 saturated heterocycles. The first-order valence-electron chi connectivity index (χ1n) is 6.59. The van der Waals surface area contributed by atoms with E-state index in [1.807, 2.05) is 0 Å². The fourth-order valence-corrected chi connectivity index (χ4v) is 2.75. The number of rotatable bonds is 4. The van der Waals surface area contributed by atoms with Crippen LogP contribution in [0.25, 0.3) is 0 Å². The summed E-state index contributed by atoms with van der Waals surface area (Å²) in [6.45, 7) is 4.88. The van der Waals surface area contributed by atoms with Gasteiger partial charge in [0.1, 0.15) is 0 Å². The van der Waals surface area contributed by atoms with Crippen LogP contribution in [0.2, 0.25) is 10.0 Å². The Balaban J connectivity index is 0.00000220. The lowest BCUT2D eigenvalue weighted by molar-refractivity contribution is -0.117. The van der Waals surface area contributed by atoms with Crippen LogP contribution in [-0.4, -0.2) is 37.0 Å². The van der Waals surface area contributed by atoms with Crippen molar-refractivity contribution >= 4 is 47.2 Å². The van der Waals surface area contributed by atoms with Gasteiger partial charge in [-0.15, -0.1) is 12.4 Å². The van der Waals surface area contributed by atoms with Crippen LogP contribution in [0.5, 0.6) is 0 Å². The van der Waals surface area contributed by atoms with Gasteiger partial charge in [0.2, 0.25) is 5.91 Å². The second-order valence-electron chi connectivity index (χ2n) is 5.65. The molecule has 1 aliphatic heterocycles. The Labute approximate surface area is 141 Å². The quantitative estimate of drug-likeness (QED) is 0.875. The van der Waals surface area contributed by atoms with E-state index in [1.165, 1.54) is 0 Å². The maximum Gasteiger partial charge on any atom is 0.238 e. The Bertz CT molecular complexity index is 512. The zero-order valence-corrected chi connectivity index (χ0v) is 14.2. The summed E-state index contributed by atoms with van der Waals surface area (Å²) in [6.07, 6.45) is 1.02. The summed E-state index contributed by atoms with van der Waals surface area (Å²) in [5.41, 5.74) is 6.43. The molecule has 1 aromatic carbocycles. The highest BCUT2D eigenvalue weighted by Gasteiger charge is 2.33. The minimum atomic E-state index is -0.0876. The predicted molar refractivity (Wildman–Crippen MR) is 90.6 cm³/mol. The van der Waals surface area contributed by atoms with E-state index in [0.29, 0.717) is 28.8 Å². The molecule has 1 amide bonds. The fraction of sp³-hybridized carbons (Fsp3) is 0.500. The highest BCUT2D eigenvalue weighted by Crippen LogP contribution is 2.29. The van der Waals surface area contributed by atoms with Crippen molar-refractivity contribution in [2.45, 2.75) is 13.3 Å². The number of carbonyl (C=O) groups excluding carboxylic acids is 1. The van der Waals surface area contributed by atoms with Crippen molar-refractivity contribution in [1.29, 1.82) is 0 Å². The highest BCUT2D eigenvalue weighted by molar-refractivity contribution is 6.35. The molecule has 2 rings (SSSR count). The largest absolute Gasteiger partial charge is 0.330 e. The zero-order chi connectivity index (χ0) is 14.8. The first-order valence-corrected chi connectivity index (χ1v) is 7.35. The van der Waals surface area contributed by atoms with E-state index in [4.69, 9.17) is 28.9 Å². The van der Waals surface area contributed by atoms with Crippen molar-refractivity contribution in [3.05, 3.63) is 28.2 Å². The third-order valence-electron chi connectivity index (χ3n) is 3.70. The van der Waals surface area contributed by atoms with E-state index < -0.39 is 0 Å². The number of anilines is 1. The summed E-state index contributed by atoms with van der Waals surface area (Å²) in [4.78, 5) is 14.2. The number of nitrogens with two attached hydrogens (primary N) is 1. The van der Waals surface area contributed by atoms with Crippen LogP contribution in [0.4, 0.5) is 5.69 Å². The van der Waals surface area contributed by atoms with Gasteiger partial charge in [0.15, 0.2) is 0 Å². The van der Waals surface area contributed by atoms with Gasteiger partial charge in [-0.3, -0.25) is 9.69 Å². The van der Waals surface area contributed by atoms with Gasteiger partial charge in [-0.2, -0.15) is 0 Å². The van der Waals surface area contributed by atoms with E-state index in [2.05, 4.69) is 17.1 Å². The molecule has 1 aliphatic rings. The van der Waals surface area contributed by atoms with Gasteiger partial charge in [-0.25, -0.2) is 0 Å². The predicted octanol–water partition coefficient (Wildman–Crippen LogP) is 3.02. The van der Waals surface area contributed by atoms with E-state index in [1.54, 1.807) is 18.2 Å². The summed E-state index contributed by atoms with van der Waals surface area (Å²) in [5.74, 6) is -0.0876. The Morgan fingerprint density at radius 1 is 1.48 bits per heavy atom. The number of benzene rings is 1. The van der Waals surface area contributed by atoms with Gasteiger partial charge < -0.3 is 11.1 Å². The summed E-state index contributed by atoms with van der Waals surface area (Å²) in [5, 5.41) is 3.82. The van der Waals surface area contributed by atoms with Gasteiger partial charge in [0, 0.05) is 11.6 Å². The maximum atomic E-state index is 12.0. The lowest BCUT2D eigenvalue weighted by atomic mass is 9.90. The number of likely N-dealkylation sites (tertiary alicyclic amines) is 1. The molecule has 1 fully saturated rings. The van der Waals surface area contributed by atoms with E-state index in [9.17, 15) is 4.79 Å². The van der Waals surface area contributed by atoms with Crippen molar-refractivity contribution in [3.63, 3.8) is 0 Å². The molecule has 0 saturated carbocycles. The number of carbonyl (C=O) groups is 1. The smallest absolute Gasteiger partial charge is 0.238 e. The molecule has 0 aliphatic carbocycles. The molecule has 3 N–H and O–H groups in total. The standard InChI is InChI=1S/C14H19Cl2N3O.ClH/c1-14(8-17)4-5-19(9-14)7-13(20)18-12-6-10(15)2-3-11(12)16;/h2-3,6H,4-5,7-9,17H2,1H3,(H,18,20);1H. The molecular weight excluding hydrogens is 333 g/mol. The van der Waals surface area contributed by atoms with E-state index in [-0.39, 0.29) is 23.7 Å². The first kappa shape index (κ1) is 18.5. The molecule has 7 heteroatoms. The molecule has 0 spiro atoms. The third-order valence-corrected chi connectivity index (χ3v) is 4.26. The van der Waals surface area contributed by atoms with Crippen LogP contribution in [0.15, 0.2) is 18.2 Å². The van der Waals surface area contributed by atoms with Crippen molar-refractivity contribution in [2.75, 3.05) is 31.5 Å². The Hall–Kier alpha value is -0.520. The SMILES string of the molecule is CC1(CN)CCN(CC(=O)Nc2cc(Cl)ccc2Cl)C1.Cl. The molecule has 0 aromatic heterocycles. The first-order chi connectivity index (χ1) is 9.42. The van der Waals surface area contributed by atoms with Gasteiger partial charge >= 0.3 is 0 Å². The number of halogens is 3. The summed E-state index contributed by atoms with van der Waals surface area (Å²) < 4.78 is 0. The molecule has 0 radical (unpaired) electrons. The van der Waals surface area contributed by atoms with Crippen molar-refractivity contribution in [1.82, 2.24) is 4.90 Å². The minimum absolute atomic E-state index is 0. The third kappa shape index (κ3) is 5.01. The molecule has 1 aromatic rings. The number of hydrogen-bond acceptors (Lipinski definition) is 3. The Morgan fingerprint density at radius 3 is 2.81 bits per heavy atom. The van der Waals surface area contributed by atoms with Crippen molar-refractivity contribution in [2.24, 2.45) is 11.1 Å². The van der Waals surface area contributed by atoms with E-state index >= 15 is 0 Å². The van der Waals surface area contributed by atoms with Gasteiger partial charge in [0.05, 0.1) is 17.3 Å². The minimum Gasteiger partial charge on any atom is -0.330 e. The molecule has 21 heavy (non-hydrogen) atoms. The number of amides is 1. The number of nitrogens with one attached hydrogen (secondary N) is 1. The monoisotopic (exact) mass is 351 g/mol. The van der Waals surface area contributed by atoms with Gasteiger partial charge in [-0.05, 0) is 43.1 Å². The second-order valence-corrected chi connectivity index (χ2v) is 6.49. The fourth-order valence-electron chi connectivity index (χ4n) is 2.41. The summed E-state index contributed by atoms with van der Waals surface area (Å²) in [7, 11) is 0. The molecular formula is C14H20Cl3N3O. The van der Waals surface area contributed by atoms with Crippen molar-refractivity contribution in [3.8, 4) is 0 Å². The molecule has 1 atom stereocenters. The highest BCUT2D eigenvalue weighted by atomic mass is 35.5. The zero-order valence-electron chi connectivity index (χ0n) is 11.9.